The molecule has 0 saturated carbocycles. The number of benzene rings is 1. The van der Waals surface area contributed by atoms with Gasteiger partial charge < -0.3 is 5.11 Å². The first-order chi connectivity index (χ1) is 7.19. The molecule has 0 aliphatic carbocycles. The van der Waals surface area contributed by atoms with Gasteiger partial charge in [0.05, 0.1) is 9.79 Å². The van der Waals surface area contributed by atoms with Crippen LogP contribution in [0.4, 0.5) is 0 Å². The maximum atomic E-state index is 10.1. The van der Waals surface area contributed by atoms with Crippen molar-refractivity contribution in [2.75, 3.05) is 25.0 Å². The molecule has 0 aliphatic heterocycles. The van der Waals surface area contributed by atoms with Crippen molar-refractivity contribution in [3.05, 3.63) is 6.07 Å². The molecule has 84 valence electrons. The van der Waals surface area contributed by atoms with E-state index in [0.29, 0.717) is 5.75 Å². The third-order valence-electron chi connectivity index (χ3n) is 1.99. The Kier molecular flexibility index (Phi) is 5.60. The molecule has 1 rings (SSSR count). The number of aromatic hydroxyl groups is 1. The highest BCUT2D eigenvalue weighted by molar-refractivity contribution is 8.03. The molecule has 0 radical (unpaired) electrons. The first-order valence-electron chi connectivity index (χ1n) is 4.25. The van der Waals surface area contributed by atoms with Crippen molar-refractivity contribution in [2.45, 2.75) is 19.6 Å². The van der Waals surface area contributed by atoms with Gasteiger partial charge in [-0.1, -0.05) is 0 Å². The second kappa shape index (κ2) is 6.23. The largest absolute Gasteiger partial charge is 0.506 e. The molecule has 1 nitrogen and oxygen atoms in total. The minimum Gasteiger partial charge on any atom is -0.506 e. The molecule has 0 heterocycles. The molecule has 0 bridgehead atoms. The lowest BCUT2D eigenvalue weighted by Gasteiger charge is -2.14. The normalized spacial score (nSPS) is 10.7. The van der Waals surface area contributed by atoms with Crippen molar-refractivity contribution in [1.82, 2.24) is 0 Å². The Morgan fingerprint density at radius 2 is 1.33 bits per heavy atom. The van der Waals surface area contributed by atoms with Gasteiger partial charge in [-0.05, 0) is 31.1 Å². The van der Waals surface area contributed by atoms with Crippen LogP contribution in [0.25, 0.3) is 0 Å². The molecule has 0 saturated heterocycles. The van der Waals surface area contributed by atoms with E-state index in [4.69, 9.17) is 0 Å². The SMILES string of the molecule is CSc1cc(SC)c(SC)c(SC)c1O. The van der Waals surface area contributed by atoms with E-state index in [9.17, 15) is 5.11 Å². The molecule has 15 heavy (non-hydrogen) atoms. The first-order valence-corrected chi connectivity index (χ1v) is 9.15. The van der Waals surface area contributed by atoms with Gasteiger partial charge in [0.15, 0.2) is 0 Å². The molecule has 0 aromatic heterocycles. The molecular formula is C10H14OS4. The average Bonchev–Trinajstić information content (AvgIpc) is 2.28. The summed E-state index contributed by atoms with van der Waals surface area (Å²) in [6, 6.07) is 2.07. The predicted octanol–water partition coefficient (Wildman–Crippen LogP) is 4.28. The monoisotopic (exact) mass is 278 g/mol. The van der Waals surface area contributed by atoms with E-state index in [1.807, 2.05) is 18.8 Å². The van der Waals surface area contributed by atoms with Gasteiger partial charge >= 0.3 is 0 Å². The second-order valence-corrected chi connectivity index (χ2v) is 6.03. The number of phenolic OH excluding ortho intramolecular Hbond substituents is 1. The first kappa shape index (κ1) is 13.5. The fraction of sp³-hybridized carbons (Fsp3) is 0.400. The lowest BCUT2D eigenvalue weighted by molar-refractivity contribution is 0.444. The van der Waals surface area contributed by atoms with Crippen LogP contribution in [0, 0.1) is 0 Å². The molecular weight excluding hydrogens is 264 g/mol. The summed E-state index contributed by atoms with van der Waals surface area (Å²) < 4.78 is 0. The quantitative estimate of drug-likeness (QED) is 0.827. The van der Waals surface area contributed by atoms with Gasteiger partial charge in [-0.2, -0.15) is 0 Å². The van der Waals surface area contributed by atoms with E-state index < -0.39 is 0 Å². The Morgan fingerprint density at radius 1 is 0.800 bits per heavy atom. The standard InChI is InChI=1S/C10H14OS4/c1-12-6-5-7(13-2)9(14-3)10(15-4)8(6)11/h5,11H,1-4H3. The number of hydrogen-bond acceptors (Lipinski definition) is 5. The van der Waals surface area contributed by atoms with Crippen molar-refractivity contribution >= 4 is 47.0 Å². The van der Waals surface area contributed by atoms with Crippen molar-refractivity contribution < 1.29 is 5.11 Å². The summed E-state index contributed by atoms with van der Waals surface area (Å²) in [5.74, 6) is 0.428. The Hall–Kier alpha value is 0.420. The fourth-order valence-electron chi connectivity index (χ4n) is 1.27. The fourth-order valence-corrected chi connectivity index (χ4v) is 4.67. The maximum absolute atomic E-state index is 10.1. The number of rotatable bonds is 4. The van der Waals surface area contributed by atoms with Crippen LogP contribution in [-0.4, -0.2) is 30.1 Å². The lowest BCUT2D eigenvalue weighted by atomic mass is 10.3. The minimum absolute atomic E-state index is 0.428. The van der Waals surface area contributed by atoms with Crippen molar-refractivity contribution in [1.29, 1.82) is 0 Å². The lowest BCUT2D eigenvalue weighted by Crippen LogP contribution is -1.86. The summed E-state index contributed by atoms with van der Waals surface area (Å²) in [4.78, 5) is 4.39. The maximum Gasteiger partial charge on any atom is 0.143 e. The Morgan fingerprint density at radius 3 is 1.73 bits per heavy atom. The van der Waals surface area contributed by atoms with E-state index in [1.165, 1.54) is 9.79 Å². The molecule has 0 unspecified atom stereocenters. The summed E-state index contributed by atoms with van der Waals surface area (Å²) in [6.07, 6.45) is 8.11. The predicted molar refractivity (Wildman–Crippen MR) is 75.2 cm³/mol. The van der Waals surface area contributed by atoms with Crippen LogP contribution in [-0.2, 0) is 0 Å². The second-order valence-electron chi connectivity index (χ2n) is 2.70. The highest BCUT2D eigenvalue weighted by Crippen LogP contribution is 2.46. The van der Waals surface area contributed by atoms with E-state index in [1.54, 1.807) is 47.0 Å². The van der Waals surface area contributed by atoms with Gasteiger partial charge in [-0.15, -0.1) is 47.0 Å². The van der Waals surface area contributed by atoms with Gasteiger partial charge in [0, 0.05) is 9.79 Å². The van der Waals surface area contributed by atoms with Crippen molar-refractivity contribution in [3.63, 3.8) is 0 Å². The third-order valence-corrected chi connectivity index (χ3v) is 5.40. The van der Waals surface area contributed by atoms with E-state index in [-0.39, 0.29) is 0 Å². The Balaban J connectivity index is 3.43. The minimum atomic E-state index is 0.428. The van der Waals surface area contributed by atoms with Crippen LogP contribution in [0.15, 0.2) is 25.6 Å². The molecule has 1 aromatic rings. The van der Waals surface area contributed by atoms with Crippen LogP contribution < -0.4 is 0 Å². The molecule has 1 N–H and O–H groups in total. The Labute approximate surface area is 108 Å². The number of phenols is 1. The van der Waals surface area contributed by atoms with Gasteiger partial charge in [0.1, 0.15) is 5.75 Å². The topological polar surface area (TPSA) is 20.2 Å². The molecule has 5 heteroatoms. The molecule has 0 fully saturated rings. The van der Waals surface area contributed by atoms with E-state index >= 15 is 0 Å². The van der Waals surface area contributed by atoms with Crippen LogP contribution in [0.1, 0.15) is 0 Å². The third kappa shape index (κ3) is 2.75. The van der Waals surface area contributed by atoms with Crippen LogP contribution in [0.5, 0.6) is 5.75 Å². The zero-order chi connectivity index (χ0) is 11.4. The highest BCUT2D eigenvalue weighted by Gasteiger charge is 2.15. The van der Waals surface area contributed by atoms with Crippen LogP contribution in [0.2, 0.25) is 0 Å². The molecule has 0 amide bonds. The summed E-state index contributed by atoms with van der Waals surface area (Å²) in [6.45, 7) is 0. The highest BCUT2D eigenvalue weighted by atomic mass is 32.2. The van der Waals surface area contributed by atoms with Crippen LogP contribution >= 0.6 is 47.0 Å². The van der Waals surface area contributed by atoms with Crippen LogP contribution in [0.3, 0.4) is 0 Å². The summed E-state index contributed by atoms with van der Waals surface area (Å²) in [5, 5.41) is 10.1. The van der Waals surface area contributed by atoms with Gasteiger partial charge in [-0.3, -0.25) is 0 Å². The summed E-state index contributed by atoms with van der Waals surface area (Å²) in [5.41, 5.74) is 0. The van der Waals surface area contributed by atoms with E-state index in [0.717, 1.165) is 9.79 Å². The summed E-state index contributed by atoms with van der Waals surface area (Å²) >= 11 is 6.62. The zero-order valence-electron chi connectivity index (χ0n) is 9.16. The number of thioether (sulfide) groups is 4. The van der Waals surface area contributed by atoms with Gasteiger partial charge in [0.25, 0.3) is 0 Å². The molecule has 0 atom stereocenters. The zero-order valence-corrected chi connectivity index (χ0v) is 12.4. The Bertz CT molecular complexity index is 352. The van der Waals surface area contributed by atoms with Gasteiger partial charge in [0.2, 0.25) is 0 Å². The van der Waals surface area contributed by atoms with E-state index in [2.05, 4.69) is 12.3 Å². The molecule has 0 aliphatic rings. The number of hydrogen-bond donors (Lipinski definition) is 1. The van der Waals surface area contributed by atoms with Crippen molar-refractivity contribution in [3.8, 4) is 5.75 Å². The summed E-state index contributed by atoms with van der Waals surface area (Å²) in [7, 11) is 0. The van der Waals surface area contributed by atoms with Crippen molar-refractivity contribution in [2.24, 2.45) is 0 Å². The van der Waals surface area contributed by atoms with Gasteiger partial charge in [-0.25, -0.2) is 0 Å². The molecule has 1 aromatic carbocycles. The average molecular weight is 278 g/mol. The molecule has 0 spiro atoms. The smallest absolute Gasteiger partial charge is 0.143 e.